The molecule has 1 heterocycles. The van der Waals surface area contributed by atoms with E-state index in [1.807, 2.05) is 12.1 Å². The summed E-state index contributed by atoms with van der Waals surface area (Å²) >= 11 is 11.1. The highest BCUT2D eigenvalue weighted by molar-refractivity contribution is 9.10. The molecule has 1 aromatic carbocycles. The van der Waals surface area contributed by atoms with Gasteiger partial charge in [-0.05, 0) is 41.0 Å². The topological polar surface area (TPSA) is 77.7 Å². The molecule has 1 aromatic heterocycles. The van der Waals surface area contributed by atoms with E-state index in [-0.39, 0.29) is 17.1 Å². The van der Waals surface area contributed by atoms with E-state index in [9.17, 15) is 9.59 Å². The lowest BCUT2D eigenvalue weighted by molar-refractivity contribution is -0.115. The van der Waals surface area contributed by atoms with Crippen LogP contribution in [0.5, 0.6) is 0 Å². The third-order valence-electron chi connectivity index (χ3n) is 3.80. The number of Topliss-reactive ketones (excluding diaryl/α,β-unsaturated/α-hetero) is 2. The Kier molecular flexibility index (Phi) is 5.71. The first-order valence-electron chi connectivity index (χ1n) is 7.57. The van der Waals surface area contributed by atoms with Crippen molar-refractivity contribution in [2.75, 3.05) is 0 Å². The van der Waals surface area contributed by atoms with E-state index in [2.05, 4.69) is 31.5 Å². The minimum absolute atomic E-state index is 0.126. The maximum Gasteiger partial charge on any atom is 0.209 e. The molecule has 0 saturated carbocycles. The van der Waals surface area contributed by atoms with Crippen LogP contribution in [0.2, 0.25) is 0 Å². The second kappa shape index (κ2) is 7.80. The van der Waals surface area contributed by atoms with Crippen molar-refractivity contribution in [3.8, 4) is 0 Å². The van der Waals surface area contributed by atoms with E-state index in [1.54, 1.807) is 17.8 Å². The lowest BCUT2D eigenvalue weighted by atomic mass is 9.91. The molecular weight excluding hydrogens is 428 g/mol. The Hall–Kier alpha value is -1.51. The maximum atomic E-state index is 12.7. The van der Waals surface area contributed by atoms with Gasteiger partial charge in [-0.15, -0.1) is 5.10 Å². The number of ketones is 2. The fourth-order valence-electron chi connectivity index (χ4n) is 2.51. The molecule has 0 aliphatic heterocycles. The molecule has 0 radical (unpaired) electrons. The zero-order valence-electron chi connectivity index (χ0n) is 13.3. The summed E-state index contributed by atoms with van der Waals surface area (Å²) in [5.74, 6) is 0.157. The molecule has 1 aliphatic carbocycles. The quantitative estimate of drug-likeness (QED) is 0.400. The molecule has 9 heteroatoms. The molecule has 0 atom stereocenters. The van der Waals surface area contributed by atoms with Crippen molar-refractivity contribution in [3.63, 3.8) is 0 Å². The predicted octanol–water partition coefficient (Wildman–Crippen LogP) is 3.69. The number of thioether (sulfide) groups is 1. The van der Waals surface area contributed by atoms with Crippen LogP contribution in [0, 0.1) is 0 Å². The van der Waals surface area contributed by atoms with Gasteiger partial charge in [-0.3, -0.25) is 9.59 Å². The number of allylic oxidation sites excluding steroid dienone is 2. The number of aromatic nitrogens is 4. The van der Waals surface area contributed by atoms with E-state index in [1.165, 1.54) is 11.8 Å². The zero-order valence-corrected chi connectivity index (χ0v) is 16.5. The van der Waals surface area contributed by atoms with Gasteiger partial charge in [0, 0.05) is 34.3 Å². The first-order valence-corrected chi connectivity index (χ1v) is 9.73. The van der Waals surface area contributed by atoms with Gasteiger partial charge in [-0.2, -0.15) is 0 Å². The summed E-state index contributed by atoms with van der Waals surface area (Å²) in [6.45, 7) is 0. The number of hydrogen-bond acceptors (Lipinski definition) is 6. The molecule has 0 unspecified atom stereocenters. The molecule has 0 spiro atoms. The van der Waals surface area contributed by atoms with Gasteiger partial charge in [0.05, 0.1) is 5.57 Å². The van der Waals surface area contributed by atoms with Crippen molar-refractivity contribution in [1.29, 1.82) is 0 Å². The minimum Gasteiger partial charge on any atom is -0.294 e. The van der Waals surface area contributed by atoms with E-state index in [4.69, 9.17) is 11.6 Å². The average Bonchev–Trinajstić information content (AvgIpc) is 2.98. The molecule has 0 saturated heterocycles. The highest BCUT2D eigenvalue weighted by Crippen LogP contribution is 2.31. The molecule has 1 aliphatic rings. The van der Waals surface area contributed by atoms with Crippen LogP contribution in [0.4, 0.5) is 0 Å². The molecule has 0 amide bonds. The van der Waals surface area contributed by atoms with Crippen LogP contribution in [-0.2, 0) is 17.6 Å². The molecule has 3 rings (SSSR count). The Morgan fingerprint density at radius 1 is 1.40 bits per heavy atom. The monoisotopic (exact) mass is 440 g/mol. The number of carbonyl (C=O) groups excluding carboxylic acids is 2. The summed E-state index contributed by atoms with van der Waals surface area (Å²) in [7, 11) is 1.78. The van der Waals surface area contributed by atoms with Crippen LogP contribution in [-0.4, -0.2) is 31.8 Å². The largest absolute Gasteiger partial charge is 0.294 e. The van der Waals surface area contributed by atoms with Gasteiger partial charge in [0.2, 0.25) is 5.16 Å². The molecule has 0 N–H and O–H groups in total. The predicted molar refractivity (Wildman–Crippen MR) is 98.6 cm³/mol. The van der Waals surface area contributed by atoms with Gasteiger partial charge in [-0.1, -0.05) is 45.4 Å². The number of benzene rings is 1. The molecule has 0 bridgehead atoms. The summed E-state index contributed by atoms with van der Waals surface area (Å²) in [6, 6.07) is 5.44. The van der Waals surface area contributed by atoms with Gasteiger partial charge < -0.3 is 0 Å². The van der Waals surface area contributed by atoms with Gasteiger partial charge >= 0.3 is 0 Å². The first-order chi connectivity index (χ1) is 12.0. The highest BCUT2D eigenvalue weighted by atomic mass is 79.9. The summed E-state index contributed by atoms with van der Waals surface area (Å²) in [5.41, 5.74) is 1.57. The molecule has 25 heavy (non-hydrogen) atoms. The van der Waals surface area contributed by atoms with Crippen molar-refractivity contribution >= 4 is 50.9 Å². The molecular formula is C16H14BrClN4O2S. The third-order valence-corrected chi connectivity index (χ3v) is 5.92. The smallest absolute Gasteiger partial charge is 0.209 e. The Labute approximate surface area is 162 Å². The zero-order chi connectivity index (χ0) is 18.0. The number of rotatable bonds is 5. The Morgan fingerprint density at radius 3 is 2.84 bits per heavy atom. The molecule has 6 nitrogen and oxygen atoms in total. The second-order valence-electron chi connectivity index (χ2n) is 5.57. The van der Waals surface area contributed by atoms with Gasteiger partial charge in [0.1, 0.15) is 0 Å². The fourth-order valence-corrected chi connectivity index (χ4v) is 4.24. The van der Waals surface area contributed by atoms with E-state index < -0.39 is 0 Å². The van der Waals surface area contributed by atoms with Crippen LogP contribution >= 0.6 is 39.3 Å². The maximum absolute atomic E-state index is 12.7. The lowest BCUT2D eigenvalue weighted by Crippen LogP contribution is -2.18. The minimum atomic E-state index is -0.321. The lowest BCUT2D eigenvalue weighted by Gasteiger charge is -2.15. The Balaban J connectivity index is 1.79. The van der Waals surface area contributed by atoms with Crippen molar-refractivity contribution in [1.82, 2.24) is 20.2 Å². The van der Waals surface area contributed by atoms with E-state index in [0.717, 1.165) is 5.56 Å². The Bertz CT molecular complexity index is 881. The second-order valence-corrected chi connectivity index (χ2v) is 7.83. The third kappa shape index (κ3) is 4.02. The van der Waals surface area contributed by atoms with Gasteiger partial charge in [0.25, 0.3) is 0 Å². The van der Waals surface area contributed by atoms with Crippen molar-refractivity contribution < 1.29 is 9.59 Å². The van der Waals surface area contributed by atoms with Crippen LogP contribution in [0.1, 0.15) is 35.2 Å². The van der Waals surface area contributed by atoms with E-state index in [0.29, 0.717) is 45.2 Å². The number of carbonyl (C=O) groups is 2. The molecule has 0 fully saturated rings. The summed E-state index contributed by atoms with van der Waals surface area (Å²) in [5, 5.41) is 12.4. The highest BCUT2D eigenvalue weighted by Gasteiger charge is 2.27. The number of halogens is 2. The average molecular weight is 442 g/mol. The van der Waals surface area contributed by atoms with Gasteiger partial charge in [-0.25, -0.2) is 4.68 Å². The number of nitrogens with zero attached hydrogens (tertiary/aromatic N) is 4. The van der Waals surface area contributed by atoms with Crippen LogP contribution < -0.4 is 0 Å². The fraction of sp³-hybridized carbons (Fsp3) is 0.312. The van der Waals surface area contributed by atoms with Crippen molar-refractivity contribution in [2.45, 2.75) is 30.2 Å². The normalized spacial score (nSPS) is 14.9. The first kappa shape index (κ1) is 18.3. The summed E-state index contributed by atoms with van der Waals surface area (Å²) in [4.78, 5) is 24.8. The van der Waals surface area contributed by atoms with Crippen LogP contribution in [0.25, 0.3) is 0 Å². The summed E-state index contributed by atoms with van der Waals surface area (Å²) in [6.07, 6.45) is 1.64. The van der Waals surface area contributed by atoms with Crippen LogP contribution in [0.15, 0.2) is 38.4 Å². The summed E-state index contributed by atoms with van der Waals surface area (Å²) < 4.78 is 2.24. The SMILES string of the molecule is Cn1nnnc1SCc1ccc(C(=O)C2=C(Cl)CCCC2=O)c(Br)c1. The van der Waals surface area contributed by atoms with Crippen molar-refractivity contribution in [3.05, 3.63) is 44.4 Å². The standard InChI is InChI=1S/C16H14BrClN4O2S/c1-22-16(19-20-21-22)25-8-9-5-6-10(11(17)7-9)15(24)14-12(18)3-2-4-13(14)23/h5-7H,2-4,8H2,1H3. The molecule has 2 aromatic rings. The van der Waals surface area contributed by atoms with Crippen LogP contribution in [0.3, 0.4) is 0 Å². The van der Waals surface area contributed by atoms with Gasteiger partial charge in [0.15, 0.2) is 11.6 Å². The van der Waals surface area contributed by atoms with Crippen molar-refractivity contribution in [2.24, 2.45) is 7.05 Å². The number of hydrogen-bond donors (Lipinski definition) is 0. The van der Waals surface area contributed by atoms with E-state index >= 15 is 0 Å². The Morgan fingerprint density at radius 2 is 2.20 bits per heavy atom. The molecule has 130 valence electrons. The number of aryl methyl sites for hydroxylation is 1. The number of tetrazole rings is 1.